The van der Waals surface area contributed by atoms with E-state index in [0.29, 0.717) is 12.3 Å². The van der Waals surface area contributed by atoms with Crippen LogP contribution in [0.3, 0.4) is 0 Å². The fourth-order valence-electron chi connectivity index (χ4n) is 7.92. The molecular formula is C50H89N3O+2. The van der Waals surface area contributed by atoms with Crippen molar-refractivity contribution in [2.75, 3.05) is 13.1 Å². The highest BCUT2D eigenvalue weighted by Crippen LogP contribution is 2.17. The number of unbranched alkanes of at least 4 members (excludes halogenated alkanes) is 28. The summed E-state index contributed by atoms with van der Waals surface area (Å²) in [4.78, 5) is 15.7. The summed E-state index contributed by atoms with van der Waals surface area (Å²) in [5, 5.41) is 0. The molecule has 0 aliphatic heterocycles. The first-order valence-corrected chi connectivity index (χ1v) is 23.9. The maximum Gasteiger partial charge on any atom is 0.222 e. The number of hydrogen-bond acceptors (Lipinski definition) is 1. The first-order chi connectivity index (χ1) is 26.7. The lowest BCUT2D eigenvalue weighted by molar-refractivity contribution is -0.697. The van der Waals surface area contributed by atoms with Gasteiger partial charge in [0.05, 0.1) is 0 Å². The molecule has 0 spiro atoms. The maximum absolute atomic E-state index is 13.4. The molecule has 0 fully saturated rings. The second-order valence-corrected chi connectivity index (χ2v) is 16.6. The van der Waals surface area contributed by atoms with Crippen LogP contribution in [-0.4, -0.2) is 23.9 Å². The van der Waals surface area contributed by atoms with E-state index in [1.807, 2.05) is 0 Å². The van der Waals surface area contributed by atoms with Gasteiger partial charge in [0.25, 0.3) is 0 Å². The molecule has 1 amide bonds. The van der Waals surface area contributed by atoms with Crippen LogP contribution in [0.4, 0.5) is 0 Å². The summed E-state index contributed by atoms with van der Waals surface area (Å²) in [7, 11) is 0. The number of pyridine rings is 2. The molecule has 0 aliphatic carbocycles. The largest absolute Gasteiger partial charge is 0.343 e. The van der Waals surface area contributed by atoms with Gasteiger partial charge in [-0.3, -0.25) is 4.79 Å². The van der Waals surface area contributed by atoms with Gasteiger partial charge in [0.1, 0.15) is 13.1 Å². The number of aryl methyl sites for hydroxylation is 2. The van der Waals surface area contributed by atoms with Gasteiger partial charge in [-0.15, -0.1) is 0 Å². The molecule has 4 nitrogen and oxygen atoms in total. The lowest BCUT2D eigenvalue weighted by Gasteiger charge is -2.23. The van der Waals surface area contributed by atoms with Crippen molar-refractivity contribution >= 4 is 5.91 Å². The first-order valence-electron chi connectivity index (χ1n) is 23.9. The zero-order valence-corrected chi connectivity index (χ0v) is 36.3. The van der Waals surface area contributed by atoms with Gasteiger partial charge >= 0.3 is 0 Å². The predicted octanol–water partition coefficient (Wildman–Crippen LogP) is 14.3. The highest BCUT2D eigenvalue weighted by molar-refractivity contribution is 5.76. The summed E-state index contributed by atoms with van der Waals surface area (Å²) in [5.41, 5.74) is 2.52. The normalized spacial score (nSPS) is 11.4. The van der Waals surface area contributed by atoms with E-state index < -0.39 is 0 Å². The SMILES string of the molecule is CCCCCCCCCCCCCCCCN(CCCCCCCCCCCCCCCC)C(=O)CCCCC[n+]1ccc(-c2cc[n+](CC)cc2)cc1. The third-order valence-corrected chi connectivity index (χ3v) is 11.7. The molecule has 0 N–H and O–H groups in total. The third-order valence-electron chi connectivity index (χ3n) is 11.7. The second-order valence-electron chi connectivity index (χ2n) is 16.6. The molecule has 4 heteroatoms. The number of carbonyl (C=O) groups is 1. The van der Waals surface area contributed by atoms with E-state index in [-0.39, 0.29) is 0 Å². The lowest BCUT2D eigenvalue weighted by atomic mass is 10.0. The molecule has 2 rings (SSSR count). The van der Waals surface area contributed by atoms with Crippen molar-refractivity contribution in [2.24, 2.45) is 0 Å². The first kappa shape index (κ1) is 47.9. The molecule has 0 aliphatic rings. The molecule has 2 aromatic rings. The van der Waals surface area contributed by atoms with E-state index in [0.717, 1.165) is 45.4 Å². The minimum Gasteiger partial charge on any atom is -0.343 e. The Labute approximate surface area is 336 Å². The quantitative estimate of drug-likeness (QED) is 0.0496. The van der Waals surface area contributed by atoms with E-state index in [1.165, 1.54) is 191 Å². The average Bonchev–Trinajstić information content (AvgIpc) is 3.20. The van der Waals surface area contributed by atoms with Crippen molar-refractivity contribution in [3.63, 3.8) is 0 Å². The topological polar surface area (TPSA) is 28.1 Å². The average molecular weight is 748 g/mol. The molecule has 0 aromatic carbocycles. The van der Waals surface area contributed by atoms with Crippen LogP contribution in [0.1, 0.15) is 226 Å². The van der Waals surface area contributed by atoms with E-state index in [4.69, 9.17) is 0 Å². The molecule has 0 unspecified atom stereocenters. The van der Waals surface area contributed by atoms with Crippen molar-refractivity contribution in [1.82, 2.24) is 4.90 Å². The lowest BCUT2D eigenvalue weighted by Crippen LogP contribution is -2.33. The van der Waals surface area contributed by atoms with Crippen molar-refractivity contribution in [1.29, 1.82) is 0 Å². The Morgan fingerprint density at radius 2 is 0.722 bits per heavy atom. The molecular weight excluding hydrogens is 659 g/mol. The van der Waals surface area contributed by atoms with Crippen molar-refractivity contribution < 1.29 is 13.9 Å². The number of amides is 1. The van der Waals surface area contributed by atoms with Gasteiger partial charge in [-0.2, -0.15) is 0 Å². The van der Waals surface area contributed by atoms with E-state index in [1.54, 1.807) is 0 Å². The number of hydrogen-bond donors (Lipinski definition) is 0. The minimum atomic E-state index is 0.406. The number of rotatable bonds is 38. The maximum atomic E-state index is 13.4. The monoisotopic (exact) mass is 748 g/mol. The van der Waals surface area contributed by atoms with E-state index in [9.17, 15) is 4.79 Å². The van der Waals surface area contributed by atoms with Crippen LogP contribution in [0, 0.1) is 0 Å². The molecule has 0 saturated heterocycles. The van der Waals surface area contributed by atoms with Gasteiger partial charge in [0.2, 0.25) is 5.91 Å². The van der Waals surface area contributed by atoms with Gasteiger partial charge in [-0.1, -0.05) is 181 Å². The van der Waals surface area contributed by atoms with Crippen LogP contribution >= 0.6 is 0 Å². The van der Waals surface area contributed by atoms with Crippen LogP contribution in [0.5, 0.6) is 0 Å². The molecule has 2 aromatic heterocycles. The van der Waals surface area contributed by atoms with Crippen LogP contribution in [0.15, 0.2) is 49.1 Å². The second kappa shape index (κ2) is 35.2. The van der Waals surface area contributed by atoms with Crippen LogP contribution in [-0.2, 0) is 17.9 Å². The van der Waals surface area contributed by atoms with E-state index in [2.05, 4.69) is 83.9 Å². The Kier molecular flexibility index (Phi) is 31.2. The Morgan fingerprint density at radius 1 is 0.407 bits per heavy atom. The zero-order valence-electron chi connectivity index (χ0n) is 36.3. The molecule has 54 heavy (non-hydrogen) atoms. The van der Waals surface area contributed by atoms with Gasteiger partial charge in [-0.05, 0) is 43.7 Å². The fourth-order valence-corrected chi connectivity index (χ4v) is 7.92. The highest BCUT2D eigenvalue weighted by atomic mass is 16.2. The molecule has 0 atom stereocenters. The summed E-state index contributed by atoms with van der Waals surface area (Å²) in [6.45, 7) is 10.7. The van der Waals surface area contributed by atoms with Crippen molar-refractivity contribution in [3.05, 3.63) is 49.1 Å². The number of carbonyl (C=O) groups excluding carboxylic acids is 1. The van der Waals surface area contributed by atoms with E-state index >= 15 is 0 Å². The highest BCUT2D eigenvalue weighted by Gasteiger charge is 2.13. The molecule has 0 saturated carbocycles. The van der Waals surface area contributed by atoms with Gasteiger partial charge in [0.15, 0.2) is 24.8 Å². The van der Waals surface area contributed by atoms with Crippen molar-refractivity contribution in [2.45, 2.75) is 239 Å². The Balaban J connectivity index is 1.62. The molecule has 0 radical (unpaired) electrons. The summed E-state index contributed by atoms with van der Waals surface area (Å²) < 4.78 is 4.48. The van der Waals surface area contributed by atoms with Gasteiger partial charge in [0, 0.05) is 50.2 Å². The summed E-state index contributed by atoms with van der Waals surface area (Å²) in [5.74, 6) is 0.406. The molecule has 2 heterocycles. The third kappa shape index (κ3) is 25.8. The molecule has 308 valence electrons. The minimum absolute atomic E-state index is 0.406. The van der Waals surface area contributed by atoms with Crippen molar-refractivity contribution in [3.8, 4) is 11.1 Å². The smallest absolute Gasteiger partial charge is 0.222 e. The molecule has 0 bridgehead atoms. The Hall–Kier alpha value is -2.23. The van der Waals surface area contributed by atoms with Crippen LogP contribution in [0.2, 0.25) is 0 Å². The number of aromatic nitrogens is 2. The Bertz CT molecular complexity index is 1070. The summed E-state index contributed by atoms with van der Waals surface area (Å²) >= 11 is 0. The van der Waals surface area contributed by atoms with Gasteiger partial charge < -0.3 is 4.90 Å². The Morgan fingerprint density at radius 3 is 1.07 bits per heavy atom. The predicted molar refractivity (Wildman–Crippen MR) is 234 cm³/mol. The fraction of sp³-hybridized carbons (Fsp3) is 0.780. The summed E-state index contributed by atoms with van der Waals surface area (Å²) in [6.07, 6.45) is 51.3. The summed E-state index contributed by atoms with van der Waals surface area (Å²) in [6, 6.07) is 8.84. The standard InChI is InChI=1S/C50H89N3O/c1-4-7-9-11-13-15-17-19-21-23-25-27-29-34-42-53(43-35-30-28-26-24-22-20-18-16-14-12-10-8-5-2)50(54)36-32-31-33-41-52-46-39-49(40-47-52)48-37-44-51(6-3)45-38-48/h37-40,44-47H,4-36,41-43H2,1-3H3/q+2. The zero-order chi connectivity index (χ0) is 38.6. The van der Waals surface area contributed by atoms with Crippen LogP contribution < -0.4 is 9.13 Å². The number of nitrogens with zero attached hydrogens (tertiary/aromatic N) is 3. The van der Waals surface area contributed by atoms with Gasteiger partial charge in [-0.25, -0.2) is 9.13 Å². The van der Waals surface area contributed by atoms with Crippen LogP contribution in [0.25, 0.3) is 11.1 Å².